The average Bonchev–Trinajstić information content (AvgIpc) is 2.60. The molecule has 0 aromatic heterocycles. The van der Waals surface area contributed by atoms with Crippen LogP contribution in [0.4, 0.5) is 4.79 Å². The van der Waals surface area contributed by atoms with Crippen LogP contribution in [0.2, 0.25) is 0 Å². The smallest absolute Gasteiger partial charge is 0.410 e. The fourth-order valence-electron chi connectivity index (χ4n) is 1.65. The van der Waals surface area contributed by atoms with Gasteiger partial charge in [0, 0.05) is 25.3 Å². The maximum atomic E-state index is 11.7. The second-order valence-electron chi connectivity index (χ2n) is 5.27. The molecule has 1 heterocycles. The summed E-state index contributed by atoms with van der Waals surface area (Å²) in [6.45, 7) is 7.28. The highest BCUT2D eigenvalue weighted by Crippen LogP contribution is 2.19. The Morgan fingerprint density at radius 2 is 2.12 bits per heavy atom. The monoisotopic (exact) mass is 263 g/mol. The Labute approximate surface area is 105 Å². The Balaban J connectivity index is 2.34. The number of nitrogens with zero attached hydrogens (tertiary/aromatic N) is 1. The Kier molecular flexibility index (Phi) is 4.94. The zero-order valence-corrected chi connectivity index (χ0v) is 11.7. The molecule has 0 bridgehead atoms. The Morgan fingerprint density at radius 3 is 2.65 bits per heavy atom. The second kappa shape index (κ2) is 5.82. The minimum absolute atomic E-state index is 0.256. The van der Waals surface area contributed by atoms with Crippen molar-refractivity contribution in [1.29, 1.82) is 0 Å². The van der Waals surface area contributed by atoms with Gasteiger partial charge in [-0.25, -0.2) is 9.00 Å². The van der Waals surface area contributed by atoms with Crippen LogP contribution in [0.15, 0.2) is 0 Å². The number of hydrogen-bond donors (Lipinski definition) is 0. The summed E-state index contributed by atoms with van der Waals surface area (Å²) >= 11 is -1.23. The van der Waals surface area contributed by atoms with Gasteiger partial charge in [-0.1, -0.05) is 0 Å². The van der Waals surface area contributed by atoms with Crippen molar-refractivity contribution < 1.29 is 17.9 Å². The van der Waals surface area contributed by atoms with E-state index in [2.05, 4.69) is 0 Å². The fraction of sp³-hybridized carbons (Fsp3) is 0.909. The van der Waals surface area contributed by atoms with Gasteiger partial charge in [0.1, 0.15) is 5.60 Å². The highest BCUT2D eigenvalue weighted by atomic mass is 32.2. The van der Waals surface area contributed by atoms with Gasteiger partial charge in [-0.2, -0.15) is 0 Å². The number of rotatable bonds is 3. The predicted octanol–water partition coefficient (Wildman–Crippen LogP) is 1.55. The van der Waals surface area contributed by atoms with Crippen LogP contribution in [0.3, 0.4) is 0 Å². The Morgan fingerprint density at radius 1 is 1.47 bits per heavy atom. The molecule has 0 saturated carbocycles. The molecular formula is C11H21NO4S. The van der Waals surface area contributed by atoms with Crippen molar-refractivity contribution in [2.75, 3.05) is 26.0 Å². The third kappa shape index (κ3) is 5.50. The van der Waals surface area contributed by atoms with Gasteiger partial charge in [0.15, 0.2) is 11.1 Å². The number of likely N-dealkylation sites (tertiary alicyclic amines) is 1. The largest absolute Gasteiger partial charge is 0.444 e. The molecule has 0 aromatic rings. The van der Waals surface area contributed by atoms with Gasteiger partial charge in [0.05, 0.1) is 6.61 Å². The van der Waals surface area contributed by atoms with Crippen molar-refractivity contribution >= 4 is 17.2 Å². The van der Waals surface area contributed by atoms with E-state index in [0.29, 0.717) is 19.7 Å². The van der Waals surface area contributed by atoms with Crippen LogP contribution in [0, 0.1) is 5.92 Å². The van der Waals surface area contributed by atoms with E-state index in [1.165, 1.54) is 6.26 Å². The van der Waals surface area contributed by atoms with Crippen molar-refractivity contribution in [2.24, 2.45) is 5.92 Å². The first-order valence-electron chi connectivity index (χ1n) is 5.72. The van der Waals surface area contributed by atoms with Gasteiger partial charge in [-0.05, 0) is 27.2 Å². The number of hydrogen-bond acceptors (Lipinski definition) is 4. The van der Waals surface area contributed by atoms with E-state index >= 15 is 0 Å². The molecule has 1 aliphatic heterocycles. The van der Waals surface area contributed by atoms with E-state index in [4.69, 9.17) is 8.92 Å². The van der Waals surface area contributed by atoms with Crippen molar-refractivity contribution in [2.45, 2.75) is 32.8 Å². The predicted molar refractivity (Wildman–Crippen MR) is 65.9 cm³/mol. The third-order valence-corrected chi connectivity index (χ3v) is 2.88. The van der Waals surface area contributed by atoms with Crippen LogP contribution in [0.5, 0.6) is 0 Å². The zero-order valence-electron chi connectivity index (χ0n) is 10.9. The normalized spacial score (nSPS) is 22.6. The van der Waals surface area contributed by atoms with Gasteiger partial charge in [-0.3, -0.25) is 4.18 Å². The molecule has 1 saturated heterocycles. The molecule has 5 nitrogen and oxygen atoms in total. The molecule has 1 amide bonds. The molecule has 0 N–H and O–H groups in total. The van der Waals surface area contributed by atoms with Crippen LogP contribution < -0.4 is 0 Å². The molecular weight excluding hydrogens is 242 g/mol. The summed E-state index contributed by atoms with van der Waals surface area (Å²) in [6, 6.07) is 0. The molecule has 0 aromatic carbocycles. The van der Waals surface area contributed by atoms with Crippen LogP contribution in [-0.2, 0) is 20.0 Å². The van der Waals surface area contributed by atoms with E-state index in [0.717, 1.165) is 6.42 Å². The standard InChI is InChI=1S/C11H21NO4S/c1-11(2,3)16-10(13)12-6-5-9(7-12)8-15-17(4)14/h9H,5-8H2,1-4H3. The van der Waals surface area contributed by atoms with Gasteiger partial charge < -0.3 is 9.64 Å². The van der Waals surface area contributed by atoms with E-state index in [1.807, 2.05) is 20.8 Å². The molecule has 0 spiro atoms. The molecule has 2 unspecified atom stereocenters. The lowest BCUT2D eigenvalue weighted by molar-refractivity contribution is 0.0285. The van der Waals surface area contributed by atoms with Crippen molar-refractivity contribution in [3.8, 4) is 0 Å². The number of amides is 1. The van der Waals surface area contributed by atoms with Gasteiger partial charge >= 0.3 is 6.09 Å². The summed E-state index contributed by atoms with van der Waals surface area (Å²) in [5.74, 6) is 0.256. The first-order chi connectivity index (χ1) is 7.78. The topological polar surface area (TPSA) is 55.8 Å². The summed E-state index contributed by atoms with van der Waals surface area (Å²) in [5.41, 5.74) is -0.462. The second-order valence-corrected chi connectivity index (χ2v) is 6.31. The molecule has 1 aliphatic rings. The number of carbonyl (C=O) groups excluding carboxylic acids is 1. The molecule has 1 fully saturated rings. The van der Waals surface area contributed by atoms with Crippen LogP contribution in [0.1, 0.15) is 27.2 Å². The van der Waals surface area contributed by atoms with Crippen LogP contribution in [0.25, 0.3) is 0 Å². The summed E-state index contributed by atoms with van der Waals surface area (Å²) < 4.78 is 21.1. The maximum absolute atomic E-state index is 11.7. The molecule has 2 atom stereocenters. The third-order valence-electron chi connectivity index (χ3n) is 2.41. The van der Waals surface area contributed by atoms with Crippen molar-refractivity contribution in [3.63, 3.8) is 0 Å². The van der Waals surface area contributed by atoms with Crippen LogP contribution >= 0.6 is 0 Å². The molecule has 17 heavy (non-hydrogen) atoms. The van der Waals surface area contributed by atoms with Crippen molar-refractivity contribution in [3.05, 3.63) is 0 Å². The lowest BCUT2D eigenvalue weighted by atomic mass is 10.1. The highest BCUT2D eigenvalue weighted by molar-refractivity contribution is 7.79. The zero-order chi connectivity index (χ0) is 13.1. The lowest BCUT2D eigenvalue weighted by Crippen LogP contribution is -2.35. The molecule has 1 rings (SSSR count). The first kappa shape index (κ1) is 14.4. The average molecular weight is 263 g/mol. The van der Waals surface area contributed by atoms with Gasteiger partial charge in [0.2, 0.25) is 0 Å². The molecule has 100 valence electrons. The maximum Gasteiger partial charge on any atom is 0.410 e. The van der Waals surface area contributed by atoms with E-state index in [-0.39, 0.29) is 12.0 Å². The van der Waals surface area contributed by atoms with Crippen LogP contribution in [-0.4, -0.2) is 46.8 Å². The van der Waals surface area contributed by atoms with Crippen molar-refractivity contribution in [1.82, 2.24) is 4.90 Å². The minimum atomic E-state index is -1.23. The van der Waals surface area contributed by atoms with Gasteiger partial charge in [-0.15, -0.1) is 0 Å². The number of carbonyl (C=O) groups is 1. The molecule has 0 aliphatic carbocycles. The summed E-state index contributed by atoms with van der Waals surface area (Å²) in [4.78, 5) is 13.4. The van der Waals surface area contributed by atoms with E-state index < -0.39 is 16.7 Å². The van der Waals surface area contributed by atoms with E-state index in [9.17, 15) is 9.00 Å². The quantitative estimate of drug-likeness (QED) is 0.775. The summed E-state index contributed by atoms with van der Waals surface area (Å²) in [6.07, 6.45) is 2.09. The summed E-state index contributed by atoms with van der Waals surface area (Å²) in [5, 5.41) is 0. The highest BCUT2D eigenvalue weighted by Gasteiger charge is 2.29. The Hall–Kier alpha value is -0.620. The SMILES string of the molecule is CS(=O)OCC1CCN(C(=O)OC(C)(C)C)C1. The fourth-order valence-corrected chi connectivity index (χ4v) is 2.04. The molecule has 6 heteroatoms. The number of ether oxygens (including phenoxy) is 1. The first-order valence-corrected chi connectivity index (χ1v) is 7.21. The summed E-state index contributed by atoms with van der Waals surface area (Å²) in [7, 11) is 0. The lowest BCUT2D eigenvalue weighted by Gasteiger charge is -2.24. The Bertz CT molecular complexity index is 300. The molecule has 0 radical (unpaired) electrons. The van der Waals surface area contributed by atoms with Gasteiger partial charge in [0.25, 0.3) is 0 Å². The van der Waals surface area contributed by atoms with E-state index in [1.54, 1.807) is 4.90 Å². The minimum Gasteiger partial charge on any atom is -0.444 e.